The van der Waals surface area contributed by atoms with Gasteiger partial charge in [-0.3, -0.25) is 4.99 Å². The number of benzene rings is 3. The maximum atomic E-state index is 12.6. The molecule has 9 heteroatoms. The van der Waals surface area contributed by atoms with E-state index in [9.17, 15) is 8.42 Å². The third-order valence-electron chi connectivity index (χ3n) is 4.06. The number of hydrogen-bond acceptors (Lipinski definition) is 6. The quantitative estimate of drug-likeness (QED) is 0.296. The molecule has 3 aromatic carbocycles. The maximum absolute atomic E-state index is 12.6. The van der Waals surface area contributed by atoms with Crippen LogP contribution in [0.5, 0.6) is 17.2 Å². The van der Waals surface area contributed by atoms with Gasteiger partial charge in [-0.15, -0.1) is 0 Å². The summed E-state index contributed by atoms with van der Waals surface area (Å²) < 4.78 is 41.1. The van der Waals surface area contributed by atoms with Crippen molar-refractivity contribution in [3.63, 3.8) is 0 Å². The number of hydrogen-bond donors (Lipinski definition) is 0. The first-order valence-electron chi connectivity index (χ1n) is 9.17. The van der Waals surface area contributed by atoms with Crippen molar-refractivity contribution in [3.8, 4) is 17.2 Å². The molecule has 0 aliphatic heterocycles. The molecule has 0 unspecified atom stereocenters. The number of nitrogens with zero attached hydrogens (tertiary/aromatic N) is 1. The van der Waals surface area contributed by atoms with E-state index in [2.05, 4.69) is 4.99 Å². The summed E-state index contributed by atoms with van der Waals surface area (Å²) in [5.41, 5.74) is 1.32. The first-order valence-corrected chi connectivity index (χ1v) is 11.3. The van der Waals surface area contributed by atoms with Crippen LogP contribution in [-0.4, -0.2) is 28.3 Å². The molecular formula is C22H19Cl2NO5S. The Morgan fingerprint density at radius 2 is 1.68 bits per heavy atom. The van der Waals surface area contributed by atoms with E-state index in [0.29, 0.717) is 22.9 Å². The van der Waals surface area contributed by atoms with Crippen molar-refractivity contribution in [2.24, 2.45) is 4.99 Å². The molecule has 0 saturated carbocycles. The van der Waals surface area contributed by atoms with Crippen LogP contribution in [0.4, 0.5) is 5.69 Å². The highest BCUT2D eigenvalue weighted by atomic mass is 35.5. The van der Waals surface area contributed by atoms with Gasteiger partial charge in [0.25, 0.3) is 0 Å². The summed E-state index contributed by atoms with van der Waals surface area (Å²) >= 11 is 12.1. The summed E-state index contributed by atoms with van der Waals surface area (Å²) in [7, 11) is -2.74. The summed E-state index contributed by atoms with van der Waals surface area (Å²) in [4.78, 5) is 4.33. The van der Waals surface area contributed by atoms with Crippen LogP contribution in [0.15, 0.2) is 70.6 Å². The van der Waals surface area contributed by atoms with Crippen LogP contribution >= 0.6 is 23.2 Å². The summed E-state index contributed by atoms with van der Waals surface area (Å²) in [5, 5.41) is 0.468. The van der Waals surface area contributed by atoms with E-state index in [0.717, 1.165) is 5.75 Å². The average Bonchev–Trinajstić information content (AvgIpc) is 2.75. The Labute approximate surface area is 191 Å². The summed E-state index contributed by atoms with van der Waals surface area (Å²) in [6.45, 7) is 2.50. The van der Waals surface area contributed by atoms with Crippen molar-refractivity contribution < 1.29 is 22.1 Å². The van der Waals surface area contributed by atoms with E-state index < -0.39 is 10.1 Å². The van der Waals surface area contributed by atoms with Crippen molar-refractivity contribution in [2.45, 2.75) is 11.8 Å². The first kappa shape index (κ1) is 22.9. The lowest BCUT2D eigenvalue weighted by atomic mass is 10.2. The van der Waals surface area contributed by atoms with Crippen molar-refractivity contribution in [2.75, 3.05) is 13.7 Å². The van der Waals surface area contributed by atoms with Crippen LogP contribution in [0.1, 0.15) is 12.5 Å². The Hall–Kier alpha value is -2.74. The minimum atomic E-state index is -4.13. The smallest absolute Gasteiger partial charge is 0.339 e. The molecule has 0 spiro atoms. The van der Waals surface area contributed by atoms with Gasteiger partial charge >= 0.3 is 10.1 Å². The van der Waals surface area contributed by atoms with Crippen molar-refractivity contribution in [1.29, 1.82) is 0 Å². The normalized spacial score (nSPS) is 11.5. The van der Waals surface area contributed by atoms with E-state index in [-0.39, 0.29) is 21.4 Å². The highest BCUT2D eigenvalue weighted by Gasteiger charge is 2.22. The third kappa shape index (κ3) is 5.91. The number of aliphatic imine (C=N–C) groups is 1. The Balaban J connectivity index is 1.85. The molecule has 0 N–H and O–H groups in total. The van der Waals surface area contributed by atoms with Gasteiger partial charge in [0.15, 0.2) is 5.75 Å². The third-order valence-corrected chi connectivity index (χ3v) is 5.83. The number of halogens is 2. The molecular weight excluding hydrogens is 461 g/mol. The van der Waals surface area contributed by atoms with E-state index in [1.54, 1.807) is 12.3 Å². The molecule has 3 rings (SSSR count). The predicted molar refractivity (Wildman–Crippen MR) is 122 cm³/mol. The minimum absolute atomic E-state index is 0.0591. The van der Waals surface area contributed by atoms with Crippen LogP contribution in [0.2, 0.25) is 10.0 Å². The maximum Gasteiger partial charge on any atom is 0.339 e. The fraction of sp³-hybridized carbons (Fsp3) is 0.136. The number of methoxy groups -OCH3 is 1. The van der Waals surface area contributed by atoms with E-state index in [1.165, 1.54) is 37.4 Å². The van der Waals surface area contributed by atoms with Crippen LogP contribution in [0.25, 0.3) is 0 Å². The second-order valence-electron chi connectivity index (χ2n) is 6.21. The average molecular weight is 480 g/mol. The second-order valence-corrected chi connectivity index (χ2v) is 8.60. The fourth-order valence-electron chi connectivity index (χ4n) is 2.60. The first-order chi connectivity index (χ1) is 14.8. The summed E-state index contributed by atoms with van der Waals surface area (Å²) in [6, 6.07) is 16.0. The molecule has 0 atom stereocenters. The minimum Gasteiger partial charge on any atom is -0.494 e. The molecule has 0 amide bonds. The van der Waals surface area contributed by atoms with Gasteiger partial charge in [-0.1, -0.05) is 23.2 Å². The Bertz CT molecular complexity index is 1180. The summed E-state index contributed by atoms with van der Waals surface area (Å²) in [6.07, 6.45) is 1.58. The van der Waals surface area contributed by atoms with Gasteiger partial charge < -0.3 is 13.7 Å². The Morgan fingerprint density at radius 1 is 1.00 bits per heavy atom. The largest absolute Gasteiger partial charge is 0.494 e. The van der Waals surface area contributed by atoms with Crippen LogP contribution < -0.4 is 13.7 Å². The van der Waals surface area contributed by atoms with Gasteiger partial charge in [0.2, 0.25) is 5.75 Å². The van der Waals surface area contributed by atoms with Gasteiger partial charge in [-0.2, -0.15) is 8.42 Å². The van der Waals surface area contributed by atoms with Crippen LogP contribution in [-0.2, 0) is 10.1 Å². The molecule has 0 bridgehead atoms. The highest BCUT2D eigenvalue weighted by Crippen LogP contribution is 2.38. The zero-order chi connectivity index (χ0) is 22.4. The zero-order valence-corrected chi connectivity index (χ0v) is 19.0. The van der Waals surface area contributed by atoms with Crippen LogP contribution in [0, 0.1) is 0 Å². The van der Waals surface area contributed by atoms with Crippen molar-refractivity contribution >= 4 is 45.2 Å². The molecule has 0 radical (unpaired) electrons. The van der Waals surface area contributed by atoms with E-state index in [4.69, 9.17) is 36.9 Å². The van der Waals surface area contributed by atoms with E-state index >= 15 is 0 Å². The Kier molecular flexibility index (Phi) is 7.43. The molecule has 0 aliphatic carbocycles. The monoisotopic (exact) mass is 479 g/mol. The Morgan fingerprint density at radius 3 is 2.29 bits per heavy atom. The number of ether oxygens (including phenoxy) is 2. The van der Waals surface area contributed by atoms with Gasteiger partial charge in [-0.05, 0) is 73.2 Å². The lowest BCUT2D eigenvalue weighted by molar-refractivity contribution is 0.340. The lowest BCUT2D eigenvalue weighted by Gasteiger charge is -2.13. The van der Waals surface area contributed by atoms with Crippen molar-refractivity contribution in [3.05, 3.63) is 76.3 Å². The van der Waals surface area contributed by atoms with Gasteiger partial charge in [0.05, 0.1) is 24.4 Å². The SMILES string of the molecule is CCOc1ccc(N=Cc2cc(Cl)c(OS(=O)(=O)c3ccc(Cl)cc3)c(OC)c2)cc1. The zero-order valence-electron chi connectivity index (χ0n) is 16.7. The van der Waals surface area contributed by atoms with E-state index in [1.807, 2.05) is 31.2 Å². The molecule has 3 aromatic rings. The molecule has 31 heavy (non-hydrogen) atoms. The topological polar surface area (TPSA) is 74.2 Å². The lowest BCUT2D eigenvalue weighted by Crippen LogP contribution is -2.11. The molecule has 0 aliphatic rings. The van der Waals surface area contributed by atoms with Gasteiger partial charge in [-0.25, -0.2) is 0 Å². The second kappa shape index (κ2) is 10.0. The molecule has 162 valence electrons. The molecule has 0 aromatic heterocycles. The molecule has 0 fully saturated rings. The van der Waals surface area contributed by atoms with Gasteiger partial charge in [0.1, 0.15) is 10.6 Å². The molecule has 6 nitrogen and oxygen atoms in total. The highest BCUT2D eigenvalue weighted by molar-refractivity contribution is 7.87. The van der Waals surface area contributed by atoms with Crippen LogP contribution in [0.3, 0.4) is 0 Å². The number of rotatable bonds is 8. The summed E-state index contributed by atoms with van der Waals surface area (Å²) in [5.74, 6) is 0.796. The van der Waals surface area contributed by atoms with Crippen molar-refractivity contribution in [1.82, 2.24) is 0 Å². The molecule has 0 saturated heterocycles. The van der Waals surface area contributed by atoms with Gasteiger partial charge in [0, 0.05) is 11.2 Å². The molecule has 0 heterocycles. The fourth-order valence-corrected chi connectivity index (χ4v) is 3.98. The predicted octanol–water partition coefficient (Wildman–Crippen LogP) is 5.92. The standard InChI is InChI=1S/C22H19Cl2NO5S/c1-3-29-18-8-6-17(7-9-18)25-14-15-12-20(24)22(21(13-15)28-2)30-31(26,27)19-10-4-16(23)5-11-19/h4-14H,3H2,1-2H3.